The fourth-order valence-corrected chi connectivity index (χ4v) is 5.23. The van der Waals surface area contributed by atoms with Crippen molar-refractivity contribution in [3.63, 3.8) is 0 Å². The molecule has 3 aromatic heterocycles. The Morgan fingerprint density at radius 1 is 1.16 bits per heavy atom. The fraction of sp³-hybridized carbons (Fsp3) is 0.320. The van der Waals surface area contributed by atoms with E-state index >= 15 is 4.39 Å². The molecular weight excluding hydrogens is 534 g/mol. The largest absolute Gasteiger partial charge is 0.354 e. The van der Waals surface area contributed by atoms with Gasteiger partial charge in [0.2, 0.25) is 5.95 Å². The van der Waals surface area contributed by atoms with Crippen LogP contribution in [0.2, 0.25) is 0 Å². The maximum atomic E-state index is 15.8. The van der Waals surface area contributed by atoms with Crippen LogP contribution in [-0.2, 0) is 0 Å². The third-order valence-corrected chi connectivity index (χ3v) is 7.15. The van der Waals surface area contributed by atoms with E-state index in [9.17, 15) is 9.18 Å². The van der Waals surface area contributed by atoms with Crippen molar-refractivity contribution in [3.05, 3.63) is 48.4 Å². The Morgan fingerprint density at radius 2 is 1.92 bits per heavy atom. The molecule has 0 saturated carbocycles. The molecule has 0 spiro atoms. The van der Waals surface area contributed by atoms with Gasteiger partial charge in [0.15, 0.2) is 10.9 Å². The monoisotopic (exact) mass is 560 g/mol. The zero-order valence-corrected chi connectivity index (χ0v) is 22.2. The zero-order chi connectivity index (χ0) is 25.8. The number of piperidine rings is 1. The summed E-state index contributed by atoms with van der Waals surface area (Å²) >= 11 is 1.05. The van der Waals surface area contributed by atoms with Crippen LogP contribution in [0.15, 0.2) is 36.8 Å². The number of hydrogen-bond acceptors (Lipinski definition) is 8. The van der Waals surface area contributed by atoms with Crippen molar-refractivity contribution in [2.45, 2.75) is 19.8 Å². The van der Waals surface area contributed by atoms with Crippen LogP contribution in [0.3, 0.4) is 0 Å². The van der Waals surface area contributed by atoms with Gasteiger partial charge in [0.1, 0.15) is 17.0 Å². The molecular formula is C25H27ClF2N8OS. The number of amides is 2. The molecule has 1 aliphatic heterocycles. The number of benzene rings is 1. The quantitative estimate of drug-likeness (QED) is 0.249. The van der Waals surface area contributed by atoms with Crippen LogP contribution < -0.4 is 21.3 Å². The summed E-state index contributed by atoms with van der Waals surface area (Å²) in [6.07, 6.45) is 6.71. The highest BCUT2D eigenvalue weighted by Crippen LogP contribution is 2.40. The molecule has 4 aromatic rings. The average molecular weight is 561 g/mol. The Bertz CT molecular complexity index is 1410. The number of carbonyl (C=O) groups excluding carboxylic acids is 1. The van der Waals surface area contributed by atoms with Gasteiger partial charge in [-0.1, -0.05) is 11.3 Å². The van der Waals surface area contributed by atoms with Gasteiger partial charge >= 0.3 is 6.03 Å². The van der Waals surface area contributed by atoms with Gasteiger partial charge in [-0.2, -0.15) is 0 Å². The molecule has 0 atom stereocenters. The van der Waals surface area contributed by atoms with E-state index in [2.05, 4.69) is 41.2 Å². The number of nitrogens with one attached hydrogen (secondary N) is 4. The molecule has 200 valence electrons. The van der Waals surface area contributed by atoms with E-state index in [1.54, 1.807) is 6.92 Å². The smallest absolute Gasteiger partial charge is 0.321 e. The minimum absolute atomic E-state index is 0. The van der Waals surface area contributed by atoms with E-state index in [1.165, 1.54) is 36.8 Å². The number of rotatable bonds is 7. The summed E-state index contributed by atoms with van der Waals surface area (Å²) < 4.78 is 30.9. The van der Waals surface area contributed by atoms with Gasteiger partial charge in [0.05, 0.1) is 4.70 Å². The van der Waals surface area contributed by atoms with Gasteiger partial charge in [0, 0.05) is 48.4 Å². The maximum Gasteiger partial charge on any atom is 0.321 e. The highest BCUT2D eigenvalue weighted by molar-refractivity contribution is 7.22. The first-order chi connectivity index (χ1) is 18.0. The third-order valence-electron chi connectivity index (χ3n) is 6.15. The summed E-state index contributed by atoms with van der Waals surface area (Å²) in [5.74, 6) is -0.162. The number of pyridine rings is 1. The molecule has 1 fully saturated rings. The second-order valence-electron chi connectivity index (χ2n) is 8.67. The number of fused-ring (bicyclic) bond motifs is 1. The zero-order valence-electron chi connectivity index (χ0n) is 20.6. The van der Waals surface area contributed by atoms with E-state index in [4.69, 9.17) is 0 Å². The van der Waals surface area contributed by atoms with Crippen LogP contribution in [0.5, 0.6) is 0 Å². The van der Waals surface area contributed by atoms with Gasteiger partial charge in [-0.25, -0.2) is 28.5 Å². The van der Waals surface area contributed by atoms with E-state index in [0.717, 1.165) is 43.8 Å². The molecule has 4 N–H and O–H groups in total. The highest BCUT2D eigenvalue weighted by atomic mass is 35.5. The van der Waals surface area contributed by atoms with E-state index in [1.807, 2.05) is 0 Å². The van der Waals surface area contributed by atoms with Gasteiger partial charge in [-0.15, -0.1) is 12.4 Å². The standard InChI is InChI=1S/C25H26F2N8OS.ClH/c1-2-29-24(36)35-25-34-21-19(27)16(10-17(22(21)37-25)20-18(26)4-3-7-30-20)15-12-32-23(33-13-15)31-11-14-5-8-28-9-6-14;/h3-4,7,10,12-14,28H,2,5-6,8-9,11H2,1H3,(H,31,32,33)(H2,29,34,35,36);1H. The predicted molar refractivity (Wildman–Crippen MR) is 148 cm³/mol. The maximum absolute atomic E-state index is 15.8. The molecule has 0 unspecified atom stereocenters. The van der Waals surface area contributed by atoms with Gasteiger partial charge < -0.3 is 16.0 Å². The molecule has 0 bridgehead atoms. The summed E-state index contributed by atoms with van der Waals surface area (Å²) in [5, 5.41) is 12.0. The first-order valence-corrected chi connectivity index (χ1v) is 12.9. The van der Waals surface area contributed by atoms with E-state index < -0.39 is 17.7 Å². The minimum Gasteiger partial charge on any atom is -0.354 e. The summed E-state index contributed by atoms with van der Waals surface area (Å²) in [6.45, 7) is 4.98. The SMILES string of the molecule is CCNC(=O)Nc1nc2c(F)c(-c3cnc(NCC4CCNCC4)nc3)cc(-c3ncccc3F)c2s1.Cl. The number of carbonyl (C=O) groups is 1. The van der Waals surface area contributed by atoms with Crippen LogP contribution in [0.1, 0.15) is 19.8 Å². The van der Waals surface area contributed by atoms with Gasteiger partial charge in [-0.05, 0) is 57.0 Å². The lowest BCUT2D eigenvalue weighted by Crippen LogP contribution is -2.31. The number of halogens is 3. The van der Waals surface area contributed by atoms with Gasteiger partial charge in [0.25, 0.3) is 0 Å². The molecule has 38 heavy (non-hydrogen) atoms. The lowest BCUT2D eigenvalue weighted by Gasteiger charge is -2.22. The number of hydrogen-bond donors (Lipinski definition) is 4. The molecule has 0 aliphatic carbocycles. The van der Waals surface area contributed by atoms with Crippen molar-refractivity contribution in [1.29, 1.82) is 0 Å². The molecule has 5 rings (SSSR count). The first kappa shape index (κ1) is 27.6. The van der Waals surface area contributed by atoms with Crippen molar-refractivity contribution in [1.82, 2.24) is 30.6 Å². The number of anilines is 2. The normalized spacial score (nSPS) is 13.7. The second kappa shape index (κ2) is 12.4. The number of thiazole rings is 1. The lowest BCUT2D eigenvalue weighted by atomic mass is 9.98. The molecule has 2 amide bonds. The predicted octanol–water partition coefficient (Wildman–Crippen LogP) is 5.07. The first-order valence-electron chi connectivity index (χ1n) is 12.1. The Kier molecular flexibility index (Phi) is 8.97. The fourth-order valence-electron chi connectivity index (χ4n) is 4.26. The van der Waals surface area contributed by atoms with Crippen molar-refractivity contribution in [2.75, 3.05) is 36.8 Å². The van der Waals surface area contributed by atoms with E-state index in [0.29, 0.717) is 34.2 Å². The minimum atomic E-state index is -0.616. The van der Waals surface area contributed by atoms with Crippen LogP contribution >= 0.6 is 23.7 Å². The summed E-state index contributed by atoms with van der Waals surface area (Å²) in [6, 6.07) is 3.84. The third kappa shape index (κ3) is 5.98. The topological polar surface area (TPSA) is 117 Å². The number of nitrogens with zero attached hydrogens (tertiary/aromatic N) is 4. The Balaban J connectivity index is 0.00000336. The van der Waals surface area contributed by atoms with Crippen LogP contribution in [0.25, 0.3) is 32.6 Å². The molecule has 4 heterocycles. The Morgan fingerprint density at radius 3 is 2.63 bits per heavy atom. The Labute approximate surface area is 228 Å². The Hall–Kier alpha value is -3.48. The molecule has 0 radical (unpaired) electrons. The molecule has 1 aliphatic rings. The average Bonchev–Trinajstić information content (AvgIpc) is 3.33. The summed E-state index contributed by atoms with van der Waals surface area (Å²) in [4.78, 5) is 29.2. The van der Waals surface area contributed by atoms with Crippen molar-refractivity contribution >= 4 is 51.1 Å². The lowest BCUT2D eigenvalue weighted by molar-refractivity contribution is 0.252. The summed E-state index contributed by atoms with van der Waals surface area (Å²) in [7, 11) is 0. The number of urea groups is 1. The van der Waals surface area contributed by atoms with Crippen LogP contribution in [-0.4, -0.2) is 52.1 Å². The summed E-state index contributed by atoms with van der Waals surface area (Å²) in [5.41, 5.74) is 0.993. The molecule has 1 aromatic carbocycles. The second-order valence-corrected chi connectivity index (χ2v) is 9.67. The van der Waals surface area contributed by atoms with Crippen LogP contribution in [0.4, 0.5) is 24.7 Å². The molecule has 1 saturated heterocycles. The molecule has 9 nitrogen and oxygen atoms in total. The van der Waals surface area contributed by atoms with E-state index in [-0.39, 0.29) is 34.3 Å². The van der Waals surface area contributed by atoms with Crippen molar-refractivity contribution < 1.29 is 13.6 Å². The molecule has 13 heteroatoms. The van der Waals surface area contributed by atoms with Gasteiger partial charge in [-0.3, -0.25) is 10.3 Å². The highest BCUT2D eigenvalue weighted by Gasteiger charge is 2.22. The van der Waals surface area contributed by atoms with Crippen molar-refractivity contribution in [2.24, 2.45) is 5.92 Å². The van der Waals surface area contributed by atoms with Crippen molar-refractivity contribution in [3.8, 4) is 22.4 Å². The van der Waals surface area contributed by atoms with Crippen LogP contribution in [0, 0.1) is 17.6 Å². The number of aromatic nitrogens is 4.